The quantitative estimate of drug-likeness (QED) is 0.861. The van der Waals surface area contributed by atoms with Crippen molar-refractivity contribution in [3.63, 3.8) is 0 Å². The molecule has 2 rings (SSSR count). The van der Waals surface area contributed by atoms with Crippen LogP contribution in [-0.4, -0.2) is 18.3 Å². The van der Waals surface area contributed by atoms with Crippen LogP contribution < -0.4 is 0 Å². The number of aryl methyl sites for hydroxylation is 1. The lowest BCUT2D eigenvalue weighted by Gasteiger charge is -2.27. The van der Waals surface area contributed by atoms with Gasteiger partial charge in [-0.2, -0.15) is 0 Å². The van der Waals surface area contributed by atoms with E-state index in [1.54, 1.807) is 0 Å². The Labute approximate surface area is 101 Å². The van der Waals surface area contributed by atoms with E-state index in [0.717, 1.165) is 42.2 Å². The normalized spacial score (nSPS) is 19.7. The molecule has 3 heteroatoms. The lowest BCUT2D eigenvalue weighted by atomic mass is 9.89. The van der Waals surface area contributed by atoms with Crippen molar-refractivity contribution < 1.29 is 9.84 Å². The van der Waals surface area contributed by atoms with E-state index < -0.39 is 0 Å². The Morgan fingerprint density at radius 1 is 1.38 bits per heavy atom. The van der Waals surface area contributed by atoms with Gasteiger partial charge in [0.25, 0.3) is 0 Å². The van der Waals surface area contributed by atoms with E-state index in [2.05, 4.69) is 0 Å². The van der Waals surface area contributed by atoms with Crippen molar-refractivity contribution >= 4 is 11.6 Å². The first-order chi connectivity index (χ1) is 7.68. The minimum absolute atomic E-state index is 0.314. The van der Waals surface area contributed by atoms with Crippen LogP contribution >= 0.6 is 11.6 Å². The fourth-order valence-electron chi connectivity index (χ4n) is 2.16. The summed E-state index contributed by atoms with van der Waals surface area (Å²) in [6, 6.07) is 5.74. The number of benzene rings is 1. The highest BCUT2D eigenvalue weighted by molar-refractivity contribution is 6.31. The van der Waals surface area contributed by atoms with Crippen LogP contribution in [0.1, 0.15) is 30.1 Å². The third kappa shape index (κ3) is 2.57. The van der Waals surface area contributed by atoms with Crippen molar-refractivity contribution in [2.24, 2.45) is 5.92 Å². The number of halogens is 1. The Morgan fingerprint density at radius 3 is 2.69 bits per heavy atom. The molecule has 0 aliphatic carbocycles. The van der Waals surface area contributed by atoms with E-state index in [-0.39, 0.29) is 6.10 Å². The molecule has 1 aliphatic rings. The maximum Gasteiger partial charge on any atom is 0.0820 e. The molecule has 1 heterocycles. The van der Waals surface area contributed by atoms with Crippen LogP contribution in [-0.2, 0) is 4.74 Å². The first-order valence-electron chi connectivity index (χ1n) is 5.70. The van der Waals surface area contributed by atoms with E-state index in [9.17, 15) is 5.11 Å². The summed E-state index contributed by atoms with van der Waals surface area (Å²) < 4.78 is 5.30. The molecule has 0 spiro atoms. The highest BCUT2D eigenvalue weighted by Crippen LogP contribution is 2.31. The van der Waals surface area contributed by atoms with Crippen molar-refractivity contribution in [3.8, 4) is 0 Å². The zero-order valence-electron chi connectivity index (χ0n) is 9.45. The Bertz CT molecular complexity index is 359. The van der Waals surface area contributed by atoms with Gasteiger partial charge in [0.1, 0.15) is 0 Å². The summed E-state index contributed by atoms with van der Waals surface area (Å²) in [5.74, 6) is 0.314. The Balaban J connectivity index is 2.12. The molecule has 1 N–H and O–H groups in total. The van der Waals surface area contributed by atoms with Crippen molar-refractivity contribution in [1.29, 1.82) is 0 Å². The fraction of sp³-hybridized carbons (Fsp3) is 0.538. The largest absolute Gasteiger partial charge is 0.388 e. The topological polar surface area (TPSA) is 29.5 Å². The van der Waals surface area contributed by atoms with E-state index in [0.29, 0.717) is 5.92 Å². The smallest absolute Gasteiger partial charge is 0.0820 e. The van der Waals surface area contributed by atoms with Gasteiger partial charge in [-0.1, -0.05) is 23.7 Å². The minimum Gasteiger partial charge on any atom is -0.388 e. The van der Waals surface area contributed by atoms with Gasteiger partial charge in [-0.15, -0.1) is 0 Å². The first-order valence-corrected chi connectivity index (χ1v) is 6.08. The van der Waals surface area contributed by atoms with Crippen LogP contribution in [0.2, 0.25) is 5.02 Å². The van der Waals surface area contributed by atoms with Gasteiger partial charge in [0.15, 0.2) is 0 Å². The zero-order valence-corrected chi connectivity index (χ0v) is 10.2. The van der Waals surface area contributed by atoms with Crippen LogP contribution in [0.3, 0.4) is 0 Å². The highest BCUT2D eigenvalue weighted by Gasteiger charge is 2.23. The summed E-state index contributed by atoms with van der Waals surface area (Å²) in [5, 5.41) is 11.0. The molecular formula is C13H17ClO2. The van der Waals surface area contributed by atoms with Crippen molar-refractivity contribution in [2.75, 3.05) is 13.2 Å². The maximum absolute atomic E-state index is 10.3. The number of aliphatic hydroxyl groups excluding tert-OH is 1. The molecule has 1 atom stereocenters. The van der Waals surface area contributed by atoms with Gasteiger partial charge < -0.3 is 9.84 Å². The van der Waals surface area contributed by atoms with E-state index in [4.69, 9.17) is 16.3 Å². The van der Waals surface area contributed by atoms with Gasteiger partial charge >= 0.3 is 0 Å². The van der Waals surface area contributed by atoms with E-state index >= 15 is 0 Å². The number of ether oxygens (including phenoxy) is 1. The maximum atomic E-state index is 10.3. The second-order valence-corrected chi connectivity index (χ2v) is 4.81. The standard InChI is InChI=1S/C13H17ClO2/c1-9-8-11(2-3-12(9)14)13(15)10-4-6-16-7-5-10/h2-3,8,10,13,15H,4-7H2,1H3. The third-order valence-corrected chi connectivity index (χ3v) is 3.66. The molecule has 1 saturated heterocycles. The van der Waals surface area contributed by atoms with Crippen LogP contribution in [0.4, 0.5) is 0 Å². The Kier molecular flexibility index (Phi) is 3.85. The minimum atomic E-state index is -0.389. The van der Waals surface area contributed by atoms with Crippen LogP contribution in [0.25, 0.3) is 0 Å². The van der Waals surface area contributed by atoms with E-state index in [1.807, 2.05) is 25.1 Å². The second kappa shape index (κ2) is 5.17. The highest BCUT2D eigenvalue weighted by atomic mass is 35.5. The summed E-state index contributed by atoms with van der Waals surface area (Å²) in [6.07, 6.45) is 1.48. The van der Waals surface area contributed by atoms with Gasteiger partial charge in [0, 0.05) is 18.2 Å². The van der Waals surface area contributed by atoms with Gasteiger partial charge in [-0.25, -0.2) is 0 Å². The van der Waals surface area contributed by atoms with Crippen molar-refractivity contribution in [1.82, 2.24) is 0 Å². The fourth-order valence-corrected chi connectivity index (χ4v) is 2.27. The van der Waals surface area contributed by atoms with Crippen molar-refractivity contribution in [2.45, 2.75) is 25.9 Å². The SMILES string of the molecule is Cc1cc(C(O)C2CCOCC2)ccc1Cl. The Morgan fingerprint density at radius 2 is 2.06 bits per heavy atom. The molecule has 1 unspecified atom stereocenters. The van der Waals surface area contributed by atoms with Gasteiger partial charge in [-0.3, -0.25) is 0 Å². The Hall–Kier alpha value is -0.570. The number of hydrogen-bond acceptors (Lipinski definition) is 2. The molecule has 0 aromatic heterocycles. The summed E-state index contributed by atoms with van der Waals surface area (Å²) in [6.45, 7) is 3.48. The van der Waals surface area contributed by atoms with Gasteiger partial charge in [-0.05, 0) is 42.9 Å². The molecule has 1 aliphatic heterocycles. The zero-order chi connectivity index (χ0) is 11.5. The van der Waals surface area contributed by atoms with Gasteiger partial charge in [0.2, 0.25) is 0 Å². The van der Waals surface area contributed by atoms with E-state index in [1.165, 1.54) is 0 Å². The average Bonchev–Trinajstić information content (AvgIpc) is 2.33. The summed E-state index contributed by atoms with van der Waals surface area (Å²) in [7, 11) is 0. The van der Waals surface area contributed by atoms with Gasteiger partial charge in [0.05, 0.1) is 6.10 Å². The molecule has 0 bridgehead atoms. The average molecular weight is 241 g/mol. The number of aliphatic hydroxyl groups is 1. The molecule has 1 fully saturated rings. The number of rotatable bonds is 2. The lowest BCUT2D eigenvalue weighted by Crippen LogP contribution is -2.22. The third-order valence-electron chi connectivity index (χ3n) is 3.24. The monoisotopic (exact) mass is 240 g/mol. The molecular weight excluding hydrogens is 224 g/mol. The van der Waals surface area contributed by atoms with Crippen LogP contribution in [0.5, 0.6) is 0 Å². The van der Waals surface area contributed by atoms with Crippen LogP contribution in [0.15, 0.2) is 18.2 Å². The first kappa shape index (κ1) is 11.9. The summed E-state index contributed by atoms with van der Waals surface area (Å²) in [5.41, 5.74) is 1.99. The molecule has 0 saturated carbocycles. The molecule has 88 valence electrons. The number of hydrogen-bond donors (Lipinski definition) is 1. The summed E-state index contributed by atoms with van der Waals surface area (Å²) in [4.78, 5) is 0. The molecule has 0 amide bonds. The molecule has 16 heavy (non-hydrogen) atoms. The molecule has 2 nitrogen and oxygen atoms in total. The molecule has 1 aromatic rings. The van der Waals surface area contributed by atoms with Crippen LogP contribution in [0, 0.1) is 12.8 Å². The summed E-state index contributed by atoms with van der Waals surface area (Å²) >= 11 is 5.97. The molecule has 0 radical (unpaired) electrons. The second-order valence-electron chi connectivity index (χ2n) is 4.40. The lowest BCUT2D eigenvalue weighted by molar-refractivity contribution is 0.00717. The predicted octanol–water partition coefficient (Wildman–Crippen LogP) is 3.11. The predicted molar refractivity (Wildman–Crippen MR) is 64.7 cm³/mol. The van der Waals surface area contributed by atoms with Crippen molar-refractivity contribution in [3.05, 3.63) is 34.3 Å². The molecule has 1 aromatic carbocycles.